The third-order valence-electron chi connectivity index (χ3n) is 5.83. The first-order valence-electron chi connectivity index (χ1n) is 11.1. The van der Waals surface area contributed by atoms with Gasteiger partial charge in [0.25, 0.3) is 0 Å². The highest BCUT2D eigenvalue weighted by Gasteiger charge is 2.22. The second kappa shape index (κ2) is 9.08. The molecular weight excluding hydrogens is 428 g/mol. The molecule has 0 bridgehead atoms. The highest BCUT2D eigenvalue weighted by atomic mass is 35.5. The van der Waals surface area contributed by atoms with Gasteiger partial charge in [-0.2, -0.15) is 0 Å². The third kappa shape index (κ3) is 4.22. The maximum absolute atomic E-state index is 6.33. The summed E-state index contributed by atoms with van der Waals surface area (Å²) in [4.78, 5) is 11.9. The van der Waals surface area contributed by atoms with Gasteiger partial charge in [-0.1, -0.05) is 78.3 Å². The van der Waals surface area contributed by atoms with E-state index in [0.29, 0.717) is 5.02 Å². The molecule has 0 amide bonds. The first kappa shape index (κ1) is 21.2. The second-order valence-electron chi connectivity index (χ2n) is 8.36. The van der Waals surface area contributed by atoms with Crippen LogP contribution in [0.15, 0.2) is 97.5 Å². The van der Waals surface area contributed by atoms with Crippen LogP contribution in [0, 0.1) is 0 Å². The fourth-order valence-corrected chi connectivity index (χ4v) is 4.39. The van der Waals surface area contributed by atoms with Crippen molar-refractivity contribution in [1.29, 1.82) is 0 Å². The van der Waals surface area contributed by atoms with Crippen LogP contribution in [0.5, 0.6) is 0 Å². The summed E-state index contributed by atoms with van der Waals surface area (Å²) >= 11 is 6.33. The van der Waals surface area contributed by atoms with Crippen molar-refractivity contribution in [3.63, 3.8) is 0 Å². The lowest BCUT2D eigenvalue weighted by molar-refractivity contribution is 0.674. The van der Waals surface area contributed by atoms with Crippen LogP contribution in [0.1, 0.15) is 19.4 Å². The van der Waals surface area contributed by atoms with Crippen LogP contribution in [0.25, 0.3) is 27.8 Å². The van der Waals surface area contributed by atoms with E-state index >= 15 is 0 Å². The van der Waals surface area contributed by atoms with Crippen molar-refractivity contribution in [2.24, 2.45) is 0 Å². The molecule has 0 aliphatic rings. The van der Waals surface area contributed by atoms with Gasteiger partial charge in [-0.05, 0) is 43.2 Å². The molecule has 0 N–H and O–H groups in total. The van der Waals surface area contributed by atoms with Gasteiger partial charge in [-0.25, -0.2) is 9.97 Å². The third-order valence-corrected chi connectivity index (χ3v) is 6.06. The average Bonchev–Trinajstić information content (AvgIpc) is 3.24. The number of hydrogen-bond acceptors (Lipinski definition) is 3. The molecule has 4 nitrogen and oxygen atoms in total. The van der Waals surface area contributed by atoms with Crippen molar-refractivity contribution in [3.8, 4) is 16.8 Å². The second-order valence-corrected chi connectivity index (χ2v) is 8.80. The predicted octanol–water partition coefficient (Wildman–Crippen LogP) is 7.16. The summed E-state index contributed by atoms with van der Waals surface area (Å²) in [5.41, 5.74) is 5.30. The Hall–Kier alpha value is -3.63. The molecule has 0 fully saturated rings. The molecule has 0 aliphatic heterocycles. The number of anilines is 1. The molecule has 0 saturated heterocycles. The first-order chi connectivity index (χ1) is 16.1. The number of nitrogens with zero attached hydrogens (tertiary/aromatic N) is 4. The zero-order valence-corrected chi connectivity index (χ0v) is 19.4. The van der Waals surface area contributed by atoms with Crippen molar-refractivity contribution in [2.45, 2.75) is 26.4 Å². The summed E-state index contributed by atoms with van der Waals surface area (Å²) in [5.74, 6) is 0.929. The van der Waals surface area contributed by atoms with Crippen LogP contribution in [0.2, 0.25) is 5.02 Å². The summed E-state index contributed by atoms with van der Waals surface area (Å²) in [6, 6.07) is 29.0. The van der Waals surface area contributed by atoms with Gasteiger partial charge in [0.15, 0.2) is 5.65 Å². The van der Waals surface area contributed by atoms with Crippen LogP contribution < -0.4 is 4.90 Å². The summed E-state index contributed by atoms with van der Waals surface area (Å²) in [7, 11) is 0. The number of benzene rings is 3. The molecular formula is C28H25ClN4. The van der Waals surface area contributed by atoms with Gasteiger partial charge >= 0.3 is 0 Å². The van der Waals surface area contributed by atoms with Crippen molar-refractivity contribution < 1.29 is 0 Å². The SMILES string of the molecule is CC(C)N(Cc1ccccc1)c1ncnc2c1c(-c1ccccc1)cn2-c1cccc(Cl)c1. The number of aromatic nitrogens is 3. The van der Waals surface area contributed by atoms with Gasteiger partial charge in [-0.15, -0.1) is 0 Å². The Labute approximate surface area is 199 Å². The Morgan fingerprint density at radius 2 is 1.61 bits per heavy atom. The van der Waals surface area contributed by atoms with E-state index in [2.05, 4.69) is 78.0 Å². The average molecular weight is 453 g/mol. The molecule has 0 spiro atoms. The highest BCUT2D eigenvalue weighted by molar-refractivity contribution is 6.30. The summed E-state index contributed by atoms with van der Waals surface area (Å²) in [5, 5.41) is 1.73. The van der Waals surface area contributed by atoms with Crippen molar-refractivity contribution in [1.82, 2.24) is 14.5 Å². The fraction of sp³-hybridized carbons (Fsp3) is 0.143. The van der Waals surface area contributed by atoms with E-state index < -0.39 is 0 Å². The fourth-order valence-electron chi connectivity index (χ4n) is 4.20. The van der Waals surface area contributed by atoms with Gasteiger partial charge in [0.05, 0.1) is 5.39 Å². The Morgan fingerprint density at radius 3 is 2.30 bits per heavy atom. The standard InChI is InChI=1S/C28H25ClN4/c1-20(2)32(17-21-10-5-3-6-11-21)27-26-25(22-12-7-4-8-13-22)18-33(28(26)31-19-30-27)24-15-9-14-23(29)16-24/h3-16,18-20H,17H2,1-2H3. The zero-order chi connectivity index (χ0) is 22.8. The molecule has 0 saturated carbocycles. The van der Waals surface area contributed by atoms with Gasteiger partial charge in [-0.3, -0.25) is 0 Å². The molecule has 164 valence electrons. The van der Waals surface area contributed by atoms with Crippen LogP contribution in [-0.4, -0.2) is 20.6 Å². The lowest BCUT2D eigenvalue weighted by Crippen LogP contribution is -2.31. The Kier molecular flexibility index (Phi) is 5.84. The van der Waals surface area contributed by atoms with Gasteiger partial charge in [0.1, 0.15) is 12.1 Å². The van der Waals surface area contributed by atoms with E-state index in [0.717, 1.165) is 40.2 Å². The number of hydrogen-bond donors (Lipinski definition) is 0. The van der Waals surface area contributed by atoms with E-state index in [9.17, 15) is 0 Å². The van der Waals surface area contributed by atoms with Crippen LogP contribution >= 0.6 is 11.6 Å². The van der Waals surface area contributed by atoms with E-state index in [-0.39, 0.29) is 6.04 Å². The maximum Gasteiger partial charge on any atom is 0.150 e. The molecule has 2 heterocycles. The van der Waals surface area contributed by atoms with Crippen molar-refractivity contribution in [2.75, 3.05) is 4.90 Å². The van der Waals surface area contributed by atoms with Gasteiger partial charge < -0.3 is 9.47 Å². The van der Waals surface area contributed by atoms with E-state index in [1.807, 2.05) is 36.4 Å². The highest BCUT2D eigenvalue weighted by Crippen LogP contribution is 2.38. The first-order valence-corrected chi connectivity index (χ1v) is 11.5. The number of fused-ring (bicyclic) bond motifs is 1. The van der Waals surface area contributed by atoms with Crippen molar-refractivity contribution >= 4 is 28.5 Å². The molecule has 5 heteroatoms. The smallest absolute Gasteiger partial charge is 0.150 e. The Bertz CT molecular complexity index is 1380. The molecule has 0 atom stereocenters. The molecule has 3 aromatic carbocycles. The molecule has 2 aromatic heterocycles. The minimum Gasteiger partial charge on any atom is -0.349 e. The van der Waals surface area contributed by atoms with E-state index in [1.54, 1.807) is 6.33 Å². The Balaban J connectivity index is 1.76. The van der Waals surface area contributed by atoms with Gasteiger partial charge in [0.2, 0.25) is 0 Å². The van der Waals surface area contributed by atoms with Crippen LogP contribution in [0.4, 0.5) is 5.82 Å². The molecule has 33 heavy (non-hydrogen) atoms. The number of rotatable bonds is 6. The predicted molar refractivity (Wildman–Crippen MR) is 137 cm³/mol. The lowest BCUT2D eigenvalue weighted by Gasteiger charge is -2.29. The van der Waals surface area contributed by atoms with Crippen molar-refractivity contribution in [3.05, 3.63) is 108 Å². The molecule has 0 aliphatic carbocycles. The quantitative estimate of drug-likeness (QED) is 0.274. The van der Waals surface area contributed by atoms with Gasteiger partial charge in [0, 0.05) is 35.1 Å². The molecule has 5 rings (SSSR count). The Morgan fingerprint density at radius 1 is 0.879 bits per heavy atom. The molecule has 5 aromatic rings. The summed E-state index contributed by atoms with van der Waals surface area (Å²) < 4.78 is 2.11. The number of halogens is 1. The maximum atomic E-state index is 6.33. The van der Waals surface area contributed by atoms with Crippen LogP contribution in [0.3, 0.4) is 0 Å². The monoisotopic (exact) mass is 452 g/mol. The summed E-state index contributed by atoms with van der Waals surface area (Å²) in [6.45, 7) is 5.17. The zero-order valence-electron chi connectivity index (χ0n) is 18.7. The largest absolute Gasteiger partial charge is 0.349 e. The van der Waals surface area contributed by atoms with E-state index in [1.165, 1.54) is 5.56 Å². The summed E-state index contributed by atoms with van der Waals surface area (Å²) in [6.07, 6.45) is 3.80. The minimum absolute atomic E-state index is 0.251. The van der Waals surface area contributed by atoms with E-state index in [4.69, 9.17) is 21.6 Å². The topological polar surface area (TPSA) is 34.0 Å². The lowest BCUT2D eigenvalue weighted by atomic mass is 10.1. The molecule has 0 radical (unpaired) electrons. The normalized spacial score (nSPS) is 11.3. The van der Waals surface area contributed by atoms with Crippen LogP contribution in [-0.2, 0) is 6.54 Å². The minimum atomic E-state index is 0.251. The molecule has 0 unspecified atom stereocenters.